The van der Waals surface area contributed by atoms with E-state index < -0.39 is 23.5 Å². The van der Waals surface area contributed by atoms with Crippen LogP contribution in [0.15, 0.2) is 66.7 Å². The molecule has 0 radical (unpaired) electrons. The number of hydrogen-bond acceptors (Lipinski definition) is 6. The van der Waals surface area contributed by atoms with Crippen LogP contribution in [-0.4, -0.2) is 33.7 Å². The van der Waals surface area contributed by atoms with Gasteiger partial charge in [-0.15, -0.1) is 0 Å². The zero-order chi connectivity index (χ0) is 26.8. The Morgan fingerprint density at radius 3 is 2.50 bits per heavy atom. The van der Waals surface area contributed by atoms with E-state index >= 15 is 0 Å². The van der Waals surface area contributed by atoms with Gasteiger partial charge in [0.15, 0.2) is 5.78 Å². The van der Waals surface area contributed by atoms with Crippen molar-refractivity contribution < 1.29 is 33.0 Å². The summed E-state index contributed by atoms with van der Waals surface area (Å²) in [7, 11) is 0. The molecular formula is C28H19ClF2N2O5. The first-order valence-electron chi connectivity index (χ1n) is 11.6. The molecule has 7 nitrogen and oxygen atoms in total. The number of aliphatic carboxylic acids is 1. The maximum atomic E-state index is 14.0. The van der Waals surface area contributed by atoms with Gasteiger partial charge in [0.2, 0.25) is 0 Å². The minimum atomic E-state index is -0.941. The maximum Gasteiger partial charge on any atom is 0.311 e. The molecule has 0 aliphatic carbocycles. The second-order valence-electron chi connectivity index (χ2n) is 8.61. The molecule has 1 unspecified atom stereocenters. The number of halogens is 3. The van der Waals surface area contributed by atoms with Crippen molar-refractivity contribution in [2.45, 2.75) is 18.8 Å². The Bertz CT molecular complexity index is 1530. The summed E-state index contributed by atoms with van der Waals surface area (Å²) < 4.78 is 38.5. The maximum absolute atomic E-state index is 14.0. The first kappa shape index (κ1) is 25.3. The summed E-state index contributed by atoms with van der Waals surface area (Å²) in [5.41, 5.74) is 1.64. The molecule has 0 amide bonds. The van der Waals surface area contributed by atoms with Gasteiger partial charge in [-0.25, -0.2) is 8.78 Å². The number of carbonyl (C=O) groups excluding carboxylic acids is 1. The van der Waals surface area contributed by atoms with E-state index in [-0.39, 0.29) is 35.1 Å². The van der Waals surface area contributed by atoms with E-state index in [0.29, 0.717) is 40.5 Å². The average molecular weight is 537 g/mol. The molecule has 5 rings (SSSR count). The molecule has 1 atom stereocenters. The van der Waals surface area contributed by atoms with Crippen molar-refractivity contribution >= 4 is 23.4 Å². The topological polar surface area (TPSA) is 98.6 Å². The zero-order valence-electron chi connectivity index (χ0n) is 19.7. The molecular weight excluding hydrogens is 518 g/mol. The summed E-state index contributed by atoms with van der Waals surface area (Å²) in [6.45, 7) is 0.276. The standard InChI is InChI=1S/C28H19ClF2N2O5/c29-22-13-21-19(28(35)36)9-10-37-26(21)14-27(22)38-18-5-1-15(2-6-18)25(34)12-17-4-8-24(33-32-17)20-7-3-16(30)11-23(20)31/h1-8,11,13-14,19H,9-10,12H2,(H,35,36). The normalized spacial score (nSPS) is 14.3. The van der Waals surface area contributed by atoms with Crippen molar-refractivity contribution in [3.63, 3.8) is 0 Å². The Morgan fingerprint density at radius 1 is 1.03 bits per heavy atom. The van der Waals surface area contributed by atoms with Crippen molar-refractivity contribution in [1.82, 2.24) is 10.2 Å². The average Bonchev–Trinajstić information content (AvgIpc) is 2.90. The lowest BCUT2D eigenvalue weighted by molar-refractivity contribution is -0.139. The van der Waals surface area contributed by atoms with Gasteiger partial charge in [-0.3, -0.25) is 9.59 Å². The number of aromatic nitrogens is 2. The Kier molecular flexibility index (Phi) is 7.02. The SMILES string of the molecule is O=C(Cc1ccc(-c2ccc(F)cc2F)nn1)c1ccc(Oc2cc3c(cc2Cl)C(C(=O)O)CCO3)cc1. The lowest BCUT2D eigenvalue weighted by Crippen LogP contribution is -2.20. The highest BCUT2D eigenvalue weighted by Gasteiger charge is 2.29. The molecule has 3 aromatic carbocycles. The Hall–Kier alpha value is -4.37. The van der Waals surface area contributed by atoms with Crippen molar-refractivity contribution in [2.24, 2.45) is 0 Å². The van der Waals surface area contributed by atoms with Crippen molar-refractivity contribution in [3.05, 3.63) is 100 Å². The number of fused-ring (bicyclic) bond motifs is 1. The molecule has 0 fully saturated rings. The van der Waals surface area contributed by atoms with Gasteiger partial charge in [-0.2, -0.15) is 10.2 Å². The van der Waals surface area contributed by atoms with Crippen LogP contribution < -0.4 is 9.47 Å². The van der Waals surface area contributed by atoms with Crippen LogP contribution in [0.4, 0.5) is 8.78 Å². The molecule has 192 valence electrons. The van der Waals surface area contributed by atoms with E-state index in [9.17, 15) is 23.5 Å². The monoisotopic (exact) mass is 536 g/mol. The number of ether oxygens (including phenoxy) is 2. The van der Waals surface area contributed by atoms with E-state index in [1.54, 1.807) is 42.5 Å². The van der Waals surface area contributed by atoms with E-state index in [2.05, 4.69) is 10.2 Å². The molecule has 0 bridgehead atoms. The minimum Gasteiger partial charge on any atom is -0.493 e. The Morgan fingerprint density at radius 2 is 1.82 bits per heavy atom. The smallest absolute Gasteiger partial charge is 0.311 e. The first-order chi connectivity index (χ1) is 18.3. The van der Waals surface area contributed by atoms with Crippen molar-refractivity contribution in [2.75, 3.05) is 6.61 Å². The number of carboxylic acids is 1. The first-order valence-corrected chi connectivity index (χ1v) is 11.9. The predicted molar refractivity (Wildman–Crippen MR) is 134 cm³/mol. The molecule has 1 N–H and O–H groups in total. The molecule has 0 saturated carbocycles. The van der Waals surface area contributed by atoms with E-state index in [4.69, 9.17) is 21.1 Å². The van der Waals surface area contributed by atoms with Gasteiger partial charge in [0, 0.05) is 28.8 Å². The largest absolute Gasteiger partial charge is 0.493 e. The number of hydrogen-bond donors (Lipinski definition) is 1. The number of carbonyl (C=O) groups is 2. The highest BCUT2D eigenvalue weighted by Crippen LogP contribution is 2.41. The Balaban J connectivity index is 1.25. The number of nitrogens with zero attached hydrogens (tertiary/aromatic N) is 2. The molecule has 1 aliphatic heterocycles. The van der Waals surface area contributed by atoms with Crippen LogP contribution >= 0.6 is 11.6 Å². The van der Waals surface area contributed by atoms with Crippen LogP contribution in [0.1, 0.15) is 34.0 Å². The van der Waals surface area contributed by atoms with Crippen LogP contribution in [0, 0.1) is 11.6 Å². The summed E-state index contributed by atoms with van der Waals surface area (Å²) in [5, 5.41) is 17.6. The second kappa shape index (κ2) is 10.5. The number of rotatable bonds is 7. The Labute approximate surface area is 220 Å². The zero-order valence-corrected chi connectivity index (χ0v) is 20.4. The van der Waals surface area contributed by atoms with Gasteiger partial charge in [-0.1, -0.05) is 11.6 Å². The summed E-state index contributed by atoms with van der Waals surface area (Å²) in [4.78, 5) is 24.2. The number of ketones is 1. The number of Topliss-reactive ketones (excluding diaryl/α,β-unsaturated/α-hetero) is 1. The summed E-state index contributed by atoms with van der Waals surface area (Å²) in [5.74, 6) is -2.17. The lowest BCUT2D eigenvalue weighted by atomic mass is 9.93. The predicted octanol–water partition coefficient (Wildman–Crippen LogP) is 6.24. The van der Waals surface area contributed by atoms with Crippen LogP contribution in [0.3, 0.4) is 0 Å². The van der Waals surface area contributed by atoms with Gasteiger partial charge in [0.25, 0.3) is 0 Å². The molecule has 0 spiro atoms. The molecule has 1 aromatic heterocycles. The van der Waals surface area contributed by atoms with Crippen LogP contribution in [0.25, 0.3) is 11.3 Å². The molecule has 2 heterocycles. The highest BCUT2D eigenvalue weighted by molar-refractivity contribution is 6.32. The van der Waals surface area contributed by atoms with Gasteiger partial charge in [-0.05, 0) is 61.0 Å². The fraction of sp³-hybridized carbons (Fsp3) is 0.143. The summed E-state index contributed by atoms with van der Waals surface area (Å²) in [6.07, 6.45) is 0.328. The third kappa shape index (κ3) is 5.33. The van der Waals surface area contributed by atoms with E-state index in [1.165, 1.54) is 12.1 Å². The second-order valence-corrected chi connectivity index (χ2v) is 9.02. The van der Waals surface area contributed by atoms with Gasteiger partial charge < -0.3 is 14.6 Å². The number of benzene rings is 3. The molecule has 4 aromatic rings. The molecule has 38 heavy (non-hydrogen) atoms. The van der Waals surface area contributed by atoms with Gasteiger partial charge in [0.1, 0.15) is 28.9 Å². The van der Waals surface area contributed by atoms with Crippen molar-refractivity contribution in [1.29, 1.82) is 0 Å². The van der Waals surface area contributed by atoms with Gasteiger partial charge in [0.05, 0.1) is 35.4 Å². The van der Waals surface area contributed by atoms with Gasteiger partial charge >= 0.3 is 5.97 Å². The number of carboxylic acid groups (broad SMARTS) is 1. The van der Waals surface area contributed by atoms with Crippen LogP contribution in [-0.2, 0) is 11.2 Å². The van der Waals surface area contributed by atoms with E-state index in [0.717, 1.165) is 12.1 Å². The molecule has 1 aliphatic rings. The van der Waals surface area contributed by atoms with Crippen molar-refractivity contribution in [3.8, 4) is 28.5 Å². The van der Waals surface area contributed by atoms with Crippen LogP contribution in [0.5, 0.6) is 17.2 Å². The summed E-state index contributed by atoms with van der Waals surface area (Å²) >= 11 is 6.34. The minimum absolute atomic E-state index is 0.0296. The molecule has 0 saturated heterocycles. The van der Waals surface area contributed by atoms with Crippen LogP contribution in [0.2, 0.25) is 5.02 Å². The van der Waals surface area contributed by atoms with E-state index in [1.807, 2.05) is 0 Å². The third-order valence-electron chi connectivity index (χ3n) is 6.07. The fourth-order valence-electron chi connectivity index (χ4n) is 4.12. The third-order valence-corrected chi connectivity index (χ3v) is 6.37. The highest BCUT2D eigenvalue weighted by atomic mass is 35.5. The lowest BCUT2D eigenvalue weighted by Gasteiger charge is -2.24. The molecule has 10 heteroatoms. The quantitative estimate of drug-likeness (QED) is 0.279. The summed E-state index contributed by atoms with van der Waals surface area (Å²) in [6, 6.07) is 15.8. The fourth-order valence-corrected chi connectivity index (χ4v) is 4.33.